The maximum Gasteiger partial charge on any atom is 0.261 e. The molecule has 3 heterocycles. The molecule has 136 valence electrons. The van der Waals surface area contributed by atoms with Crippen LogP contribution in [0.15, 0.2) is 53.7 Å². The molecule has 3 aromatic heterocycles. The number of fused-ring (bicyclic) bond motifs is 1. The summed E-state index contributed by atoms with van der Waals surface area (Å²) in [6, 6.07) is 11.2. The lowest BCUT2D eigenvalue weighted by atomic mass is 10.2. The molecule has 0 aliphatic rings. The summed E-state index contributed by atoms with van der Waals surface area (Å²) < 4.78 is 3.35. The molecule has 7 heteroatoms. The number of benzene rings is 1. The summed E-state index contributed by atoms with van der Waals surface area (Å²) in [4.78, 5) is 26.1. The summed E-state index contributed by atoms with van der Waals surface area (Å²) >= 11 is 0. The largest absolute Gasteiger partial charge is 0.291 e. The van der Waals surface area contributed by atoms with Gasteiger partial charge in [0.05, 0.1) is 29.5 Å². The predicted molar refractivity (Wildman–Crippen MR) is 103 cm³/mol. The summed E-state index contributed by atoms with van der Waals surface area (Å²) in [7, 11) is 0. The Bertz CT molecular complexity index is 1170. The van der Waals surface area contributed by atoms with Crippen LogP contribution in [0.4, 0.5) is 0 Å². The molecular weight excluding hydrogens is 340 g/mol. The molecule has 0 unspecified atom stereocenters. The van der Waals surface area contributed by atoms with Crippen molar-refractivity contribution in [2.75, 3.05) is 0 Å². The topological polar surface area (TPSA) is 78.5 Å². The molecule has 0 fully saturated rings. The lowest BCUT2D eigenvalue weighted by molar-refractivity contribution is 0.675. The van der Waals surface area contributed by atoms with Crippen molar-refractivity contribution in [2.24, 2.45) is 0 Å². The van der Waals surface area contributed by atoms with E-state index in [1.54, 1.807) is 27.8 Å². The van der Waals surface area contributed by atoms with E-state index in [9.17, 15) is 4.79 Å². The third-order valence-corrected chi connectivity index (χ3v) is 4.38. The summed E-state index contributed by atoms with van der Waals surface area (Å²) in [6.07, 6.45) is 3.31. The van der Waals surface area contributed by atoms with E-state index in [0.29, 0.717) is 16.7 Å². The van der Waals surface area contributed by atoms with E-state index >= 15 is 0 Å². The van der Waals surface area contributed by atoms with Gasteiger partial charge in [-0.1, -0.05) is 26.0 Å². The quantitative estimate of drug-likeness (QED) is 0.559. The first kappa shape index (κ1) is 17.1. The minimum Gasteiger partial charge on any atom is -0.291 e. The van der Waals surface area contributed by atoms with E-state index in [1.165, 1.54) is 0 Å². The number of pyridine rings is 1. The van der Waals surface area contributed by atoms with Gasteiger partial charge >= 0.3 is 0 Å². The first-order valence-corrected chi connectivity index (χ1v) is 8.86. The second-order valence-corrected chi connectivity index (χ2v) is 6.80. The van der Waals surface area contributed by atoms with Crippen molar-refractivity contribution in [3.05, 3.63) is 76.6 Å². The standard InChI is InChI=1S/C20H20N6O/c1-13(2)19-23-18(26(24-19)15-8-9-21-14(3)10-15)11-25-12-22-17-7-5-4-6-16(17)20(25)27/h4-10,12-13H,11H2,1-3H3. The molecule has 0 aliphatic heterocycles. The van der Waals surface area contributed by atoms with Gasteiger partial charge in [0.25, 0.3) is 5.56 Å². The molecule has 0 spiro atoms. The highest BCUT2D eigenvalue weighted by molar-refractivity contribution is 5.76. The van der Waals surface area contributed by atoms with Crippen molar-refractivity contribution in [2.45, 2.75) is 33.2 Å². The fourth-order valence-electron chi connectivity index (χ4n) is 2.95. The van der Waals surface area contributed by atoms with Crippen molar-refractivity contribution in [3.8, 4) is 5.69 Å². The summed E-state index contributed by atoms with van der Waals surface area (Å²) in [5, 5.41) is 5.24. The van der Waals surface area contributed by atoms with Crippen LogP contribution >= 0.6 is 0 Å². The van der Waals surface area contributed by atoms with Gasteiger partial charge in [0.2, 0.25) is 0 Å². The molecule has 0 atom stereocenters. The highest BCUT2D eigenvalue weighted by Gasteiger charge is 2.16. The molecule has 7 nitrogen and oxygen atoms in total. The molecule has 27 heavy (non-hydrogen) atoms. The third-order valence-electron chi connectivity index (χ3n) is 4.38. The Morgan fingerprint density at radius 1 is 1.11 bits per heavy atom. The van der Waals surface area contributed by atoms with Crippen molar-refractivity contribution >= 4 is 10.9 Å². The molecule has 4 aromatic rings. The predicted octanol–water partition coefficient (Wildman–Crippen LogP) is 2.85. The number of hydrogen-bond donors (Lipinski definition) is 0. The van der Waals surface area contributed by atoms with Crippen LogP contribution in [0.3, 0.4) is 0 Å². The van der Waals surface area contributed by atoms with E-state index in [1.807, 2.05) is 51.1 Å². The van der Waals surface area contributed by atoms with Crippen LogP contribution in [0.5, 0.6) is 0 Å². The lowest BCUT2D eigenvalue weighted by Gasteiger charge is -2.09. The Hall–Kier alpha value is -3.35. The van der Waals surface area contributed by atoms with Gasteiger partial charge in [0.15, 0.2) is 11.6 Å². The van der Waals surface area contributed by atoms with Crippen molar-refractivity contribution < 1.29 is 0 Å². The molecule has 0 amide bonds. The molecule has 1 aromatic carbocycles. The minimum atomic E-state index is -0.0906. The van der Waals surface area contributed by atoms with Crippen LogP contribution in [0.25, 0.3) is 16.6 Å². The van der Waals surface area contributed by atoms with Crippen molar-refractivity contribution in [1.29, 1.82) is 0 Å². The van der Waals surface area contributed by atoms with E-state index in [-0.39, 0.29) is 18.0 Å². The van der Waals surface area contributed by atoms with E-state index in [4.69, 9.17) is 0 Å². The Morgan fingerprint density at radius 2 is 1.93 bits per heavy atom. The SMILES string of the molecule is Cc1cc(-n2nc(C(C)C)nc2Cn2cnc3ccccc3c2=O)ccn1. The zero-order valence-corrected chi connectivity index (χ0v) is 15.5. The van der Waals surface area contributed by atoms with Crippen LogP contribution in [0.2, 0.25) is 0 Å². The maximum atomic E-state index is 12.8. The van der Waals surface area contributed by atoms with Crippen LogP contribution < -0.4 is 5.56 Å². The molecule has 0 N–H and O–H groups in total. The summed E-state index contributed by atoms with van der Waals surface area (Å²) in [5.74, 6) is 1.60. The fourth-order valence-corrected chi connectivity index (χ4v) is 2.95. The normalized spacial score (nSPS) is 11.4. The molecular formula is C20H20N6O. The average molecular weight is 360 g/mol. The maximum absolute atomic E-state index is 12.8. The average Bonchev–Trinajstić information content (AvgIpc) is 3.08. The Labute approximate surface area is 156 Å². The van der Waals surface area contributed by atoms with Gasteiger partial charge in [-0.15, -0.1) is 0 Å². The number of para-hydroxylation sites is 1. The van der Waals surface area contributed by atoms with Crippen molar-refractivity contribution in [3.63, 3.8) is 0 Å². The zero-order valence-electron chi connectivity index (χ0n) is 15.5. The number of rotatable bonds is 4. The van der Waals surface area contributed by atoms with Gasteiger partial charge in [-0.25, -0.2) is 14.6 Å². The van der Waals surface area contributed by atoms with E-state index < -0.39 is 0 Å². The monoisotopic (exact) mass is 360 g/mol. The number of aryl methyl sites for hydroxylation is 1. The van der Waals surface area contributed by atoms with E-state index in [2.05, 4.69) is 20.1 Å². The lowest BCUT2D eigenvalue weighted by Crippen LogP contribution is -2.23. The molecule has 4 rings (SSSR count). The van der Waals surface area contributed by atoms with Gasteiger partial charge in [-0.05, 0) is 31.2 Å². The molecule has 0 saturated carbocycles. The van der Waals surface area contributed by atoms with Crippen LogP contribution in [-0.4, -0.2) is 29.3 Å². The van der Waals surface area contributed by atoms with Crippen molar-refractivity contribution in [1.82, 2.24) is 29.3 Å². The van der Waals surface area contributed by atoms with Gasteiger partial charge in [0, 0.05) is 17.8 Å². The molecule has 0 aliphatic carbocycles. The molecule has 0 saturated heterocycles. The Morgan fingerprint density at radius 3 is 2.70 bits per heavy atom. The first-order valence-electron chi connectivity index (χ1n) is 8.86. The van der Waals surface area contributed by atoms with Crippen LogP contribution in [-0.2, 0) is 6.54 Å². The second kappa shape index (κ2) is 6.75. The van der Waals surface area contributed by atoms with Gasteiger partial charge in [0.1, 0.15) is 0 Å². The Kier molecular flexibility index (Phi) is 4.27. The summed E-state index contributed by atoms with van der Waals surface area (Å²) in [5.41, 5.74) is 2.36. The van der Waals surface area contributed by atoms with Gasteiger partial charge < -0.3 is 0 Å². The molecule has 0 bridgehead atoms. The highest BCUT2D eigenvalue weighted by Crippen LogP contribution is 2.16. The third kappa shape index (κ3) is 3.23. The number of nitrogens with zero attached hydrogens (tertiary/aromatic N) is 6. The van der Waals surface area contributed by atoms with Gasteiger partial charge in [-0.3, -0.25) is 14.3 Å². The minimum absolute atomic E-state index is 0.0906. The summed E-state index contributed by atoms with van der Waals surface area (Å²) in [6.45, 7) is 6.31. The zero-order chi connectivity index (χ0) is 19.0. The fraction of sp³-hybridized carbons (Fsp3) is 0.250. The van der Waals surface area contributed by atoms with E-state index in [0.717, 1.165) is 17.2 Å². The van der Waals surface area contributed by atoms with Gasteiger partial charge in [-0.2, -0.15) is 5.10 Å². The highest BCUT2D eigenvalue weighted by atomic mass is 16.1. The van der Waals surface area contributed by atoms with Crippen LogP contribution in [0.1, 0.15) is 37.1 Å². The second-order valence-electron chi connectivity index (χ2n) is 6.80. The smallest absolute Gasteiger partial charge is 0.261 e. The number of aromatic nitrogens is 6. The first-order chi connectivity index (χ1) is 13.0. The number of hydrogen-bond acceptors (Lipinski definition) is 5. The Balaban J connectivity index is 1.82. The molecule has 0 radical (unpaired) electrons. The van der Waals surface area contributed by atoms with Crippen LogP contribution in [0, 0.1) is 6.92 Å².